The molecule has 1 aromatic rings. The summed E-state index contributed by atoms with van der Waals surface area (Å²) in [5.74, 6) is 0.111. The second-order valence-corrected chi connectivity index (χ2v) is 5.59. The fourth-order valence-corrected chi connectivity index (χ4v) is 2.85. The average molecular weight is 288 g/mol. The van der Waals surface area contributed by atoms with E-state index in [2.05, 4.69) is 10.6 Å². The Labute approximate surface area is 123 Å². The molecule has 2 heterocycles. The van der Waals surface area contributed by atoms with Gasteiger partial charge in [-0.05, 0) is 37.0 Å². The van der Waals surface area contributed by atoms with Gasteiger partial charge in [-0.2, -0.15) is 0 Å². The minimum Gasteiger partial charge on any atom is -0.397 e. The topological polar surface area (TPSA) is 87.5 Å². The molecule has 6 heteroatoms. The van der Waals surface area contributed by atoms with Crippen molar-refractivity contribution in [1.29, 1.82) is 0 Å². The molecule has 0 saturated carbocycles. The molecule has 3 rings (SSSR count). The van der Waals surface area contributed by atoms with E-state index in [1.807, 2.05) is 17.0 Å². The molecule has 1 fully saturated rings. The largest absolute Gasteiger partial charge is 0.397 e. The number of anilines is 3. The third kappa shape index (κ3) is 2.94. The first-order valence-electron chi connectivity index (χ1n) is 7.37. The van der Waals surface area contributed by atoms with Crippen LogP contribution in [0.1, 0.15) is 24.8 Å². The van der Waals surface area contributed by atoms with Crippen molar-refractivity contribution in [3.8, 4) is 0 Å². The molecule has 6 nitrogen and oxygen atoms in total. The first-order valence-corrected chi connectivity index (χ1v) is 7.37. The van der Waals surface area contributed by atoms with Crippen LogP contribution in [0.4, 0.5) is 17.1 Å². The van der Waals surface area contributed by atoms with E-state index in [0.29, 0.717) is 24.2 Å². The maximum absolute atomic E-state index is 12.0. The number of nitrogens with one attached hydrogen (secondary N) is 2. The van der Waals surface area contributed by atoms with Crippen LogP contribution in [0.3, 0.4) is 0 Å². The highest BCUT2D eigenvalue weighted by Crippen LogP contribution is 2.30. The predicted molar refractivity (Wildman–Crippen MR) is 82.1 cm³/mol. The fraction of sp³-hybridized carbons (Fsp3) is 0.467. The lowest BCUT2D eigenvalue weighted by Gasteiger charge is -2.21. The van der Waals surface area contributed by atoms with Gasteiger partial charge in [-0.25, -0.2) is 0 Å². The van der Waals surface area contributed by atoms with E-state index >= 15 is 0 Å². The highest BCUT2D eigenvalue weighted by atomic mass is 16.2. The Morgan fingerprint density at radius 3 is 2.81 bits per heavy atom. The molecule has 0 atom stereocenters. The van der Waals surface area contributed by atoms with Crippen LogP contribution in [0.5, 0.6) is 0 Å². The average Bonchev–Trinajstić information content (AvgIpc) is 2.99. The number of nitrogen functional groups attached to an aromatic ring is 1. The maximum atomic E-state index is 12.0. The molecular formula is C15H20N4O2. The van der Waals surface area contributed by atoms with Gasteiger partial charge in [0.05, 0.1) is 17.9 Å². The summed E-state index contributed by atoms with van der Waals surface area (Å²) in [5.41, 5.74) is 9.16. The van der Waals surface area contributed by atoms with E-state index in [1.54, 1.807) is 0 Å². The minimum atomic E-state index is 0.0198. The number of amides is 2. The van der Waals surface area contributed by atoms with Gasteiger partial charge in [0, 0.05) is 25.2 Å². The lowest BCUT2D eigenvalue weighted by molar-refractivity contribution is -0.128. The second-order valence-electron chi connectivity index (χ2n) is 5.59. The molecular weight excluding hydrogens is 268 g/mol. The predicted octanol–water partition coefficient (Wildman–Crippen LogP) is 1.19. The number of nitrogens with two attached hydrogens (primary N) is 1. The quantitative estimate of drug-likeness (QED) is 0.729. The molecule has 0 unspecified atom stereocenters. The van der Waals surface area contributed by atoms with Crippen LogP contribution < -0.4 is 16.4 Å². The molecule has 1 aromatic carbocycles. The monoisotopic (exact) mass is 288 g/mol. The van der Waals surface area contributed by atoms with Gasteiger partial charge in [-0.3, -0.25) is 9.59 Å². The summed E-state index contributed by atoms with van der Waals surface area (Å²) in [6.45, 7) is 1.92. The normalized spacial score (nSPS) is 17.3. The van der Waals surface area contributed by atoms with E-state index in [1.165, 1.54) is 0 Å². The molecule has 21 heavy (non-hydrogen) atoms. The van der Waals surface area contributed by atoms with Crippen molar-refractivity contribution < 1.29 is 9.59 Å². The van der Waals surface area contributed by atoms with Gasteiger partial charge < -0.3 is 21.3 Å². The van der Waals surface area contributed by atoms with Gasteiger partial charge >= 0.3 is 0 Å². The Balaban J connectivity index is 1.69. The number of carbonyl (C=O) groups is 2. The Morgan fingerprint density at radius 1 is 1.29 bits per heavy atom. The summed E-state index contributed by atoms with van der Waals surface area (Å²) in [6, 6.07) is 3.69. The van der Waals surface area contributed by atoms with Gasteiger partial charge in [0.15, 0.2) is 0 Å². The first kappa shape index (κ1) is 13.7. The summed E-state index contributed by atoms with van der Waals surface area (Å²) in [5, 5.41) is 5.93. The van der Waals surface area contributed by atoms with Crippen LogP contribution in [0.25, 0.3) is 0 Å². The Morgan fingerprint density at radius 2 is 2.05 bits per heavy atom. The van der Waals surface area contributed by atoms with Crippen molar-refractivity contribution >= 4 is 28.9 Å². The highest BCUT2D eigenvalue weighted by Gasteiger charge is 2.19. The van der Waals surface area contributed by atoms with Crippen LogP contribution in [-0.4, -0.2) is 36.3 Å². The van der Waals surface area contributed by atoms with Crippen molar-refractivity contribution in [1.82, 2.24) is 4.90 Å². The first-order chi connectivity index (χ1) is 10.1. The van der Waals surface area contributed by atoms with Gasteiger partial charge in [0.2, 0.25) is 11.8 Å². The molecule has 1 saturated heterocycles. The van der Waals surface area contributed by atoms with E-state index < -0.39 is 0 Å². The molecule has 112 valence electrons. The zero-order chi connectivity index (χ0) is 14.8. The number of rotatable bonds is 3. The lowest BCUT2D eigenvalue weighted by atomic mass is 10.0. The number of benzene rings is 1. The van der Waals surface area contributed by atoms with E-state index in [0.717, 1.165) is 37.2 Å². The molecule has 2 aliphatic heterocycles. The number of carbonyl (C=O) groups excluding carboxylic acids is 2. The fourth-order valence-electron chi connectivity index (χ4n) is 2.85. The summed E-state index contributed by atoms with van der Waals surface area (Å²) in [4.78, 5) is 25.3. The van der Waals surface area contributed by atoms with Crippen LogP contribution in [0, 0.1) is 0 Å². The van der Waals surface area contributed by atoms with Gasteiger partial charge in [-0.1, -0.05) is 0 Å². The van der Waals surface area contributed by atoms with Crippen molar-refractivity contribution in [3.63, 3.8) is 0 Å². The molecule has 0 bridgehead atoms. The lowest BCUT2D eigenvalue weighted by Crippen LogP contribution is -2.33. The highest BCUT2D eigenvalue weighted by molar-refractivity contribution is 5.96. The van der Waals surface area contributed by atoms with Gasteiger partial charge in [0.1, 0.15) is 0 Å². The number of aryl methyl sites for hydroxylation is 1. The minimum absolute atomic E-state index is 0.0198. The number of likely N-dealkylation sites (tertiary alicyclic amines) is 1. The molecule has 0 spiro atoms. The van der Waals surface area contributed by atoms with Crippen LogP contribution in [0.15, 0.2) is 12.1 Å². The van der Waals surface area contributed by atoms with E-state index in [9.17, 15) is 9.59 Å². The number of hydrogen-bond acceptors (Lipinski definition) is 4. The Bertz CT molecular complexity index is 579. The Hall–Kier alpha value is -2.24. The Kier molecular flexibility index (Phi) is 3.68. The van der Waals surface area contributed by atoms with Crippen LogP contribution in [-0.2, 0) is 16.0 Å². The number of hydrogen-bond donors (Lipinski definition) is 3. The van der Waals surface area contributed by atoms with Crippen LogP contribution in [0.2, 0.25) is 0 Å². The van der Waals surface area contributed by atoms with Crippen molar-refractivity contribution in [2.75, 3.05) is 36.0 Å². The summed E-state index contributed by atoms with van der Waals surface area (Å²) >= 11 is 0. The second kappa shape index (κ2) is 5.63. The molecule has 0 radical (unpaired) electrons. The van der Waals surface area contributed by atoms with Crippen molar-refractivity contribution in [2.24, 2.45) is 0 Å². The third-order valence-corrected chi connectivity index (χ3v) is 4.06. The maximum Gasteiger partial charge on any atom is 0.241 e. The smallest absolute Gasteiger partial charge is 0.241 e. The summed E-state index contributed by atoms with van der Waals surface area (Å²) in [6.07, 6.45) is 3.36. The zero-order valence-corrected chi connectivity index (χ0v) is 11.9. The third-order valence-electron chi connectivity index (χ3n) is 4.06. The standard InChI is InChI=1S/C15H20N4O2/c16-11-7-10-3-4-14(20)18-12(10)8-13(11)17-9-15(21)19-5-1-2-6-19/h7-8,17H,1-6,9,16H2,(H,18,20). The number of fused-ring (bicyclic) bond motifs is 1. The molecule has 0 aliphatic carbocycles. The molecule has 4 N–H and O–H groups in total. The molecule has 0 aromatic heterocycles. The molecule has 2 amide bonds. The van der Waals surface area contributed by atoms with Crippen molar-refractivity contribution in [3.05, 3.63) is 17.7 Å². The van der Waals surface area contributed by atoms with E-state index in [4.69, 9.17) is 5.73 Å². The van der Waals surface area contributed by atoms with Gasteiger partial charge in [0.25, 0.3) is 0 Å². The van der Waals surface area contributed by atoms with E-state index in [-0.39, 0.29) is 18.4 Å². The summed E-state index contributed by atoms with van der Waals surface area (Å²) in [7, 11) is 0. The zero-order valence-electron chi connectivity index (χ0n) is 11.9. The number of nitrogens with zero attached hydrogens (tertiary/aromatic N) is 1. The molecule has 2 aliphatic rings. The van der Waals surface area contributed by atoms with Crippen LogP contribution >= 0.6 is 0 Å². The van der Waals surface area contributed by atoms with Crippen molar-refractivity contribution in [2.45, 2.75) is 25.7 Å². The summed E-state index contributed by atoms with van der Waals surface area (Å²) < 4.78 is 0. The van der Waals surface area contributed by atoms with Gasteiger partial charge in [-0.15, -0.1) is 0 Å². The SMILES string of the molecule is Nc1cc2c(cc1NCC(=O)N1CCCC1)NC(=O)CC2.